The minimum atomic E-state index is -0.650. The quantitative estimate of drug-likeness (QED) is 0.349. The van der Waals surface area contributed by atoms with Gasteiger partial charge in [-0.1, -0.05) is 24.8 Å². The predicted molar refractivity (Wildman–Crippen MR) is 168 cm³/mol. The van der Waals surface area contributed by atoms with Crippen LogP contribution in [0, 0.1) is 26.6 Å². The van der Waals surface area contributed by atoms with Crippen molar-refractivity contribution in [2.24, 2.45) is 0 Å². The molecule has 44 heavy (non-hydrogen) atoms. The zero-order chi connectivity index (χ0) is 32.1. The minimum Gasteiger partial charge on any atom is -0.484 e. The first-order valence-electron chi connectivity index (χ1n) is 14.6. The van der Waals surface area contributed by atoms with Gasteiger partial charge in [-0.2, -0.15) is 0 Å². The third-order valence-electron chi connectivity index (χ3n) is 7.88. The highest BCUT2D eigenvalue weighted by atomic mass is 19.1. The molecule has 0 unspecified atom stereocenters. The smallest absolute Gasteiger partial charge is 0.257 e. The van der Waals surface area contributed by atoms with Gasteiger partial charge in [-0.25, -0.2) is 9.37 Å². The number of carbonyl (C=O) groups is 3. The summed E-state index contributed by atoms with van der Waals surface area (Å²) in [6, 6.07) is 11.8. The number of hydrogen-bond donors (Lipinski definition) is 1. The molecule has 3 amide bonds. The number of amides is 3. The Bertz CT molecular complexity index is 1570. The van der Waals surface area contributed by atoms with Crippen LogP contribution in [0.3, 0.4) is 0 Å². The summed E-state index contributed by atoms with van der Waals surface area (Å²) < 4.78 is 21.4. The minimum absolute atomic E-state index is 0.0571. The first-order chi connectivity index (χ1) is 20.9. The summed E-state index contributed by atoms with van der Waals surface area (Å²) >= 11 is 0. The Morgan fingerprint density at radius 3 is 2.48 bits per heavy atom. The first-order valence-corrected chi connectivity index (χ1v) is 14.6. The third-order valence-corrected chi connectivity index (χ3v) is 7.88. The fourth-order valence-corrected chi connectivity index (χ4v) is 5.27. The fraction of sp³-hybridized carbons (Fsp3) is 0.353. The van der Waals surface area contributed by atoms with Crippen LogP contribution in [0.25, 0.3) is 0 Å². The number of hydrogen-bond acceptors (Lipinski definition) is 6. The van der Waals surface area contributed by atoms with Gasteiger partial charge in [0.2, 0.25) is 5.91 Å². The van der Waals surface area contributed by atoms with Gasteiger partial charge in [0.1, 0.15) is 23.5 Å². The van der Waals surface area contributed by atoms with Gasteiger partial charge in [-0.05, 0) is 80.3 Å². The number of nitrogens with zero attached hydrogens (tertiary/aromatic N) is 4. The van der Waals surface area contributed by atoms with Crippen molar-refractivity contribution in [2.75, 3.05) is 45.6 Å². The summed E-state index contributed by atoms with van der Waals surface area (Å²) in [5, 5.41) is 2.84. The summed E-state index contributed by atoms with van der Waals surface area (Å²) in [5.74, 6) is -0.503. The van der Waals surface area contributed by atoms with Crippen molar-refractivity contribution in [3.05, 3.63) is 101 Å². The lowest BCUT2D eigenvalue weighted by atomic mass is 10.0. The van der Waals surface area contributed by atoms with Crippen LogP contribution >= 0.6 is 0 Å². The third kappa shape index (κ3) is 7.31. The number of ether oxygens (including phenoxy) is 1. The molecule has 0 saturated carbocycles. The summed E-state index contributed by atoms with van der Waals surface area (Å²) in [4.78, 5) is 48.7. The fourth-order valence-electron chi connectivity index (χ4n) is 5.27. The molecule has 10 heteroatoms. The van der Waals surface area contributed by atoms with Gasteiger partial charge in [0.25, 0.3) is 11.8 Å². The van der Waals surface area contributed by atoms with Gasteiger partial charge in [0.15, 0.2) is 0 Å². The number of aromatic nitrogens is 1. The molecule has 0 radical (unpaired) electrons. The molecule has 1 aliphatic rings. The molecular weight excluding hydrogens is 561 g/mol. The molecule has 1 saturated heterocycles. The molecular formula is C34H40FN5O4. The Kier molecular flexibility index (Phi) is 10.2. The molecule has 3 aromatic rings. The van der Waals surface area contributed by atoms with Crippen molar-refractivity contribution in [3.8, 4) is 5.75 Å². The van der Waals surface area contributed by atoms with Crippen LogP contribution in [0.2, 0.25) is 0 Å². The van der Waals surface area contributed by atoms with Crippen LogP contribution in [0.4, 0.5) is 10.2 Å². The SMILES string of the molecule is C=CC(=O)N1CCN(C[C@@H](Oc2cc(C)c(C(=O)Nc3ncccc3C)cc2C(=O)N(C)C)c2ccc(C)c(F)c2)C[C@H]1C. The van der Waals surface area contributed by atoms with E-state index < -0.39 is 12.0 Å². The lowest BCUT2D eigenvalue weighted by Gasteiger charge is -2.40. The van der Waals surface area contributed by atoms with Crippen LogP contribution in [0.5, 0.6) is 5.75 Å². The van der Waals surface area contributed by atoms with Crippen LogP contribution in [0.1, 0.15) is 56.0 Å². The first kappa shape index (κ1) is 32.3. The maximum absolute atomic E-state index is 14.8. The predicted octanol–water partition coefficient (Wildman–Crippen LogP) is 4.94. The van der Waals surface area contributed by atoms with Crippen LogP contribution in [-0.4, -0.2) is 83.7 Å². The number of carbonyl (C=O) groups excluding carboxylic acids is 3. The normalized spacial score (nSPS) is 15.8. The van der Waals surface area contributed by atoms with Gasteiger partial charge in [0, 0.05) is 58.1 Å². The van der Waals surface area contributed by atoms with Crippen molar-refractivity contribution >= 4 is 23.5 Å². The van der Waals surface area contributed by atoms with Gasteiger partial charge in [-0.3, -0.25) is 19.3 Å². The Hall–Kier alpha value is -4.57. The van der Waals surface area contributed by atoms with Gasteiger partial charge in [-0.15, -0.1) is 0 Å². The second kappa shape index (κ2) is 13.8. The van der Waals surface area contributed by atoms with Gasteiger partial charge >= 0.3 is 0 Å². The summed E-state index contributed by atoms with van der Waals surface area (Å²) in [6.45, 7) is 13.0. The zero-order valence-corrected chi connectivity index (χ0v) is 26.2. The average molecular weight is 602 g/mol. The zero-order valence-electron chi connectivity index (χ0n) is 26.2. The standard InChI is InChI=1S/C34H40FN5O4/c1-8-31(41)40-15-14-39(19-24(40)5)20-30(25-12-11-21(2)28(35)17-25)44-29-16-23(4)26(18-27(29)34(43)38(6)7)33(42)37-32-22(3)10-9-13-36-32/h8-13,16-18,24,30H,1,14-15,19-20H2,2-7H3,(H,36,37,42)/t24-,30-/m1/s1. The van der Waals surface area contributed by atoms with Crippen LogP contribution < -0.4 is 10.1 Å². The molecule has 1 aliphatic heterocycles. The van der Waals surface area contributed by atoms with Crippen molar-refractivity contribution < 1.29 is 23.5 Å². The number of halogens is 1. The highest BCUT2D eigenvalue weighted by molar-refractivity contribution is 6.07. The number of aryl methyl sites for hydroxylation is 3. The van der Waals surface area contributed by atoms with E-state index in [0.717, 1.165) is 5.56 Å². The molecule has 2 heterocycles. The van der Waals surface area contributed by atoms with E-state index in [-0.39, 0.29) is 35.0 Å². The molecule has 9 nitrogen and oxygen atoms in total. The van der Waals surface area contributed by atoms with Crippen LogP contribution in [0.15, 0.2) is 61.3 Å². The summed E-state index contributed by atoms with van der Waals surface area (Å²) in [7, 11) is 3.25. The lowest BCUT2D eigenvalue weighted by molar-refractivity contribution is -0.130. The highest BCUT2D eigenvalue weighted by Gasteiger charge is 2.30. The van der Waals surface area contributed by atoms with E-state index in [9.17, 15) is 18.8 Å². The summed E-state index contributed by atoms with van der Waals surface area (Å²) in [6.07, 6.45) is 2.27. The average Bonchev–Trinajstić information content (AvgIpc) is 2.98. The van der Waals surface area contributed by atoms with E-state index in [0.29, 0.717) is 54.3 Å². The largest absolute Gasteiger partial charge is 0.484 e. The molecule has 0 bridgehead atoms. The maximum atomic E-state index is 14.8. The molecule has 2 aromatic carbocycles. The van der Waals surface area contributed by atoms with E-state index in [2.05, 4.69) is 21.8 Å². The van der Waals surface area contributed by atoms with Gasteiger partial charge in [0.05, 0.1) is 5.56 Å². The highest BCUT2D eigenvalue weighted by Crippen LogP contribution is 2.32. The number of pyridine rings is 1. The number of nitrogens with one attached hydrogen (secondary N) is 1. The molecule has 232 valence electrons. The van der Waals surface area contributed by atoms with Crippen molar-refractivity contribution in [3.63, 3.8) is 0 Å². The molecule has 0 spiro atoms. The monoisotopic (exact) mass is 601 g/mol. The number of rotatable bonds is 9. The number of benzene rings is 2. The van der Waals surface area contributed by atoms with Crippen molar-refractivity contribution in [2.45, 2.75) is 39.8 Å². The van der Waals surface area contributed by atoms with Gasteiger partial charge < -0.3 is 19.9 Å². The molecule has 4 rings (SSSR count). The molecule has 1 fully saturated rings. The Morgan fingerprint density at radius 2 is 1.84 bits per heavy atom. The Labute approximate surface area is 258 Å². The topological polar surface area (TPSA) is 95.1 Å². The van der Waals surface area contributed by atoms with E-state index in [1.807, 2.05) is 26.0 Å². The van der Waals surface area contributed by atoms with E-state index >= 15 is 0 Å². The van der Waals surface area contributed by atoms with Crippen LogP contribution in [-0.2, 0) is 4.79 Å². The second-order valence-electron chi connectivity index (χ2n) is 11.4. The molecule has 1 aromatic heterocycles. The Balaban J connectivity index is 1.70. The number of anilines is 1. The second-order valence-corrected chi connectivity index (χ2v) is 11.4. The number of piperazine rings is 1. The van der Waals surface area contributed by atoms with Crippen molar-refractivity contribution in [1.82, 2.24) is 19.7 Å². The van der Waals surface area contributed by atoms with E-state index in [4.69, 9.17) is 4.74 Å². The maximum Gasteiger partial charge on any atom is 0.257 e. The van der Waals surface area contributed by atoms with E-state index in [1.165, 1.54) is 23.1 Å². The molecule has 0 aliphatic carbocycles. The van der Waals surface area contributed by atoms with E-state index in [1.54, 1.807) is 57.2 Å². The summed E-state index contributed by atoms with van der Waals surface area (Å²) in [5.41, 5.74) is 3.04. The molecule has 2 atom stereocenters. The lowest BCUT2D eigenvalue weighted by Crippen LogP contribution is -2.54. The van der Waals surface area contributed by atoms with Crippen molar-refractivity contribution in [1.29, 1.82) is 0 Å². The molecule has 1 N–H and O–H groups in total. The Morgan fingerprint density at radius 1 is 1.09 bits per heavy atom.